The van der Waals surface area contributed by atoms with Crippen LogP contribution in [-0.4, -0.2) is 18.0 Å². The Balaban J connectivity index is 1.68. The summed E-state index contributed by atoms with van der Waals surface area (Å²) in [5.41, 5.74) is 4.22. The van der Waals surface area contributed by atoms with Crippen molar-refractivity contribution >= 4 is 28.9 Å². The number of methoxy groups -OCH3 is 1. The molecule has 5 nitrogen and oxygen atoms in total. The number of amides is 1. The molecule has 0 bridgehead atoms. The van der Waals surface area contributed by atoms with E-state index in [1.807, 2.05) is 12.1 Å². The maximum Gasteiger partial charge on any atom is 0.257 e. The number of carbonyl (C=O) groups is 1. The van der Waals surface area contributed by atoms with Gasteiger partial charge in [-0.3, -0.25) is 9.78 Å². The number of ether oxygens (including phenoxy) is 1. The largest absolute Gasteiger partial charge is 0.495 e. The van der Waals surface area contributed by atoms with E-state index in [1.54, 1.807) is 37.6 Å². The van der Waals surface area contributed by atoms with Gasteiger partial charge in [-0.2, -0.15) is 0 Å². The first kappa shape index (κ1) is 18.7. The van der Waals surface area contributed by atoms with Gasteiger partial charge in [-0.1, -0.05) is 35.9 Å². The van der Waals surface area contributed by atoms with Gasteiger partial charge in [0, 0.05) is 24.6 Å². The lowest BCUT2D eigenvalue weighted by atomic mass is 10.1. The van der Waals surface area contributed by atoms with Crippen molar-refractivity contribution in [3.8, 4) is 5.75 Å². The van der Waals surface area contributed by atoms with Crippen LogP contribution in [0.1, 0.15) is 21.5 Å². The fourth-order valence-electron chi connectivity index (χ4n) is 2.61. The standard InChI is InChI=1S/C21H20ClN3O2/c1-14-5-3-4-6-15(14)12-24-18-9-16(11-23-13-18)21(26)25-17-7-8-20(27-2)19(22)10-17/h3-11,13,24H,12H2,1-2H3,(H,25,26). The van der Waals surface area contributed by atoms with Crippen molar-refractivity contribution in [3.05, 3.63) is 82.6 Å². The Morgan fingerprint density at radius 3 is 2.67 bits per heavy atom. The molecule has 2 N–H and O–H groups in total. The summed E-state index contributed by atoms with van der Waals surface area (Å²) in [6, 6.07) is 15.0. The first-order valence-corrected chi connectivity index (χ1v) is 8.83. The Hall–Kier alpha value is -3.05. The highest BCUT2D eigenvalue weighted by molar-refractivity contribution is 6.32. The van der Waals surface area contributed by atoms with Crippen molar-refractivity contribution in [3.63, 3.8) is 0 Å². The average Bonchev–Trinajstić information content (AvgIpc) is 2.68. The molecule has 2 aromatic carbocycles. The predicted octanol–water partition coefficient (Wildman–Crippen LogP) is 4.92. The first-order chi connectivity index (χ1) is 13.1. The number of hydrogen-bond acceptors (Lipinski definition) is 4. The highest BCUT2D eigenvalue weighted by atomic mass is 35.5. The van der Waals surface area contributed by atoms with Gasteiger partial charge in [-0.25, -0.2) is 0 Å². The molecule has 0 fully saturated rings. The Labute approximate surface area is 163 Å². The van der Waals surface area contributed by atoms with Crippen LogP contribution in [0.3, 0.4) is 0 Å². The van der Waals surface area contributed by atoms with Crippen LogP contribution in [0.25, 0.3) is 0 Å². The van der Waals surface area contributed by atoms with Gasteiger partial charge in [0.25, 0.3) is 5.91 Å². The maximum atomic E-state index is 12.5. The van der Waals surface area contributed by atoms with E-state index in [1.165, 1.54) is 17.3 Å². The molecule has 1 aromatic heterocycles. The summed E-state index contributed by atoms with van der Waals surface area (Å²) in [6.07, 6.45) is 3.22. The maximum absolute atomic E-state index is 12.5. The van der Waals surface area contributed by atoms with E-state index in [9.17, 15) is 4.79 Å². The van der Waals surface area contributed by atoms with Gasteiger partial charge in [-0.05, 0) is 42.3 Å². The molecular formula is C21H20ClN3O2. The number of aromatic nitrogens is 1. The fourth-order valence-corrected chi connectivity index (χ4v) is 2.87. The van der Waals surface area contributed by atoms with Gasteiger partial charge in [-0.15, -0.1) is 0 Å². The molecule has 1 amide bonds. The van der Waals surface area contributed by atoms with E-state index in [2.05, 4.69) is 34.7 Å². The summed E-state index contributed by atoms with van der Waals surface area (Å²) < 4.78 is 5.11. The van der Waals surface area contributed by atoms with Crippen molar-refractivity contribution < 1.29 is 9.53 Å². The monoisotopic (exact) mass is 381 g/mol. The third kappa shape index (κ3) is 4.77. The lowest BCUT2D eigenvalue weighted by molar-refractivity contribution is 0.102. The van der Waals surface area contributed by atoms with Gasteiger partial charge in [0.2, 0.25) is 0 Å². The van der Waals surface area contributed by atoms with Crippen molar-refractivity contribution in [1.29, 1.82) is 0 Å². The zero-order valence-corrected chi connectivity index (χ0v) is 15.9. The van der Waals surface area contributed by atoms with Gasteiger partial charge in [0.15, 0.2) is 0 Å². The molecule has 0 radical (unpaired) electrons. The molecular weight excluding hydrogens is 362 g/mol. The number of halogens is 1. The van der Waals surface area contributed by atoms with Crippen molar-refractivity contribution in [2.24, 2.45) is 0 Å². The number of pyridine rings is 1. The number of anilines is 2. The van der Waals surface area contributed by atoms with E-state index in [0.717, 1.165) is 5.69 Å². The van der Waals surface area contributed by atoms with Gasteiger partial charge in [0.05, 0.1) is 23.4 Å². The smallest absolute Gasteiger partial charge is 0.257 e. The van der Waals surface area contributed by atoms with Crippen LogP contribution in [0.4, 0.5) is 11.4 Å². The molecule has 138 valence electrons. The molecule has 27 heavy (non-hydrogen) atoms. The van der Waals surface area contributed by atoms with E-state index in [0.29, 0.717) is 28.6 Å². The van der Waals surface area contributed by atoms with E-state index in [-0.39, 0.29) is 5.91 Å². The van der Waals surface area contributed by atoms with Crippen LogP contribution in [0.15, 0.2) is 60.9 Å². The average molecular weight is 382 g/mol. The van der Waals surface area contributed by atoms with Crippen LogP contribution in [0.2, 0.25) is 5.02 Å². The van der Waals surface area contributed by atoms with E-state index in [4.69, 9.17) is 16.3 Å². The highest BCUT2D eigenvalue weighted by Crippen LogP contribution is 2.27. The molecule has 0 atom stereocenters. The molecule has 0 saturated heterocycles. The fraction of sp³-hybridized carbons (Fsp3) is 0.143. The van der Waals surface area contributed by atoms with Gasteiger partial charge < -0.3 is 15.4 Å². The minimum Gasteiger partial charge on any atom is -0.495 e. The van der Waals surface area contributed by atoms with Crippen molar-refractivity contribution in [2.75, 3.05) is 17.7 Å². The molecule has 0 aliphatic carbocycles. The van der Waals surface area contributed by atoms with Crippen LogP contribution < -0.4 is 15.4 Å². The molecule has 0 saturated carbocycles. The number of aryl methyl sites for hydroxylation is 1. The molecule has 0 spiro atoms. The molecule has 0 unspecified atom stereocenters. The molecule has 0 aliphatic heterocycles. The molecule has 3 aromatic rings. The number of rotatable bonds is 6. The summed E-state index contributed by atoms with van der Waals surface area (Å²) in [5, 5.41) is 6.55. The first-order valence-electron chi connectivity index (χ1n) is 8.45. The van der Waals surface area contributed by atoms with Crippen LogP contribution >= 0.6 is 11.6 Å². The summed E-state index contributed by atoms with van der Waals surface area (Å²) in [5.74, 6) is 0.294. The SMILES string of the molecule is COc1ccc(NC(=O)c2cncc(NCc3ccccc3C)c2)cc1Cl. The summed E-state index contributed by atoms with van der Waals surface area (Å²) in [7, 11) is 1.54. The minimum atomic E-state index is -0.261. The molecule has 6 heteroatoms. The molecule has 0 aliphatic rings. The summed E-state index contributed by atoms with van der Waals surface area (Å²) >= 11 is 6.10. The zero-order valence-electron chi connectivity index (χ0n) is 15.1. The van der Waals surface area contributed by atoms with E-state index >= 15 is 0 Å². The third-order valence-corrected chi connectivity index (χ3v) is 4.45. The number of benzene rings is 2. The second-order valence-corrected chi connectivity index (χ2v) is 6.45. The normalized spacial score (nSPS) is 10.3. The second kappa shape index (κ2) is 8.56. The van der Waals surface area contributed by atoms with Gasteiger partial charge >= 0.3 is 0 Å². The third-order valence-electron chi connectivity index (χ3n) is 4.15. The van der Waals surface area contributed by atoms with Gasteiger partial charge in [0.1, 0.15) is 5.75 Å². The Kier molecular flexibility index (Phi) is 5.94. The lowest BCUT2D eigenvalue weighted by Gasteiger charge is -2.11. The minimum absolute atomic E-state index is 0.261. The Morgan fingerprint density at radius 2 is 1.93 bits per heavy atom. The highest BCUT2D eigenvalue weighted by Gasteiger charge is 2.09. The quantitative estimate of drug-likeness (QED) is 0.636. The summed E-state index contributed by atoms with van der Waals surface area (Å²) in [6.45, 7) is 2.73. The molecule has 3 rings (SSSR count). The second-order valence-electron chi connectivity index (χ2n) is 6.05. The molecule has 1 heterocycles. The van der Waals surface area contributed by atoms with E-state index < -0.39 is 0 Å². The Bertz CT molecular complexity index is 960. The number of hydrogen-bond donors (Lipinski definition) is 2. The number of nitrogens with one attached hydrogen (secondary N) is 2. The van der Waals surface area contributed by atoms with Crippen molar-refractivity contribution in [2.45, 2.75) is 13.5 Å². The van der Waals surface area contributed by atoms with Crippen molar-refractivity contribution in [1.82, 2.24) is 4.98 Å². The zero-order chi connectivity index (χ0) is 19.2. The van der Waals surface area contributed by atoms with Crippen LogP contribution in [0, 0.1) is 6.92 Å². The topological polar surface area (TPSA) is 63.2 Å². The van der Waals surface area contributed by atoms with Crippen LogP contribution in [0.5, 0.6) is 5.75 Å². The number of nitrogens with zero attached hydrogens (tertiary/aromatic N) is 1. The number of carbonyl (C=O) groups excluding carboxylic acids is 1. The van der Waals surface area contributed by atoms with Crippen LogP contribution in [-0.2, 0) is 6.54 Å². The lowest BCUT2D eigenvalue weighted by Crippen LogP contribution is -2.13. The predicted molar refractivity (Wildman–Crippen MR) is 109 cm³/mol. The Morgan fingerprint density at radius 1 is 1.11 bits per heavy atom. The summed E-state index contributed by atoms with van der Waals surface area (Å²) in [4.78, 5) is 16.7.